The molecule has 0 aliphatic rings. The van der Waals surface area contributed by atoms with Crippen molar-refractivity contribution in [2.75, 3.05) is 11.7 Å². The quantitative estimate of drug-likeness (QED) is 0.100. The maximum absolute atomic E-state index is 14.2. The zero-order chi connectivity index (χ0) is 22.4. The molecule has 0 N–H and O–H groups in total. The lowest BCUT2D eigenvalue weighted by atomic mass is 10.2. The van der Waals surface area contributed by atoms with Crippen molar-refractivity contribution in [2.45, 2.75) is 78.7 Å². The molecule has 0 spiro atoms. The Morgan fingerprint density at radius 2 is 1.28 bits per heavy atom. The van der Waals surface area contributed by atoms with Crippen molar-refractivity contribution in [1.82, 2.24) is 0 Å². The van der Waals surface area contributed by atoms with Crippen LogP contribution in [0.25, 0.3) is 0 Å². The molecule has 0 aromatic heterocycles. The van der Waals surface area contributed by atoms with Gasteiger partial charge < -0.3 is 13.3 Å². The van der Waals surface area contributed by atoms with E-state index >= 15 is 0 Å². The van der Waals surface area contributed by atoms with E-state index in [4.69, 9.17) is 13.3 Å². The van der Waals surface area contributed by atoms with Crippen molar-refractivity contribution >= 4 is 14.5 Å². The first-order chi connectivity index (χ1) is 13.4. The second-order valence-electron chi connectivity index (χ2n) is 7.55. The molecule has 0 bridgehead atoms. The van der Waals surface area contributed by atoms with Gasteiger partial charge >= 0.3 is 8.80 Å². The lowest BCUT2D eigenvalue weighted by Gasteiger charge is -2.34. The molecule has 0 saturated carbocycles. The maximum atomic E-state index is 14.2. The highest BCUT2D eigenvalue weighted by Gasteiger charge is 2.43. The molecule has 0 saturated heterocycles. The normalized spacial score (nSPS) is 12.5. The largest absolute Gasteiger partial charge is 0.501 e. The second-order valence-corrected chi connectivity index (χ2v) is 10.1. The van der Waals surface area contributed by atoms with Crippen molar-refractivity contribution in [3.63, 3.8) is 0 Å². The maximum Gasteiger partial charge on any atom is 0.501 e. The van der Waals surface area contributed by atoms with Gasteiger partial charge in [-0.1, -0.05) is 4.48 Å². The summed E-state index contributed by atoms with van der Waals surface area (Å²) in [7, 11) is -3.06. The van der Waals surface area contributed by atoms with Gasteiger partial charge in [0.2, 0.25) is 0 Å². The smallest absolute Gasteiger partial charge is 0.371 e. The Morgan fingerprint density at radius 1 is 0.793 bits per heavy atom. The molecule has 0 radical (unpaired) electrons. The predicted molar refractivity (Wildman–Crippen MR) is 103 cm³/mol. The summed E-state index contributed by atoms with van der Waals surface area (Å²) in [5.41, 5.74) is -0.986. The van der Waals surface area contributed by atoms with Crippen molar-refractivity contribution in [2.24, 2.45) is 0 Å². The van der Waals surface area contributed by atoms with Gasteiger partial charge in [-0.2, -0.15) is 0 Å². The fourth-order valence-corrected chi connectivity index (χ4v) is 6.14. The minimum atomic E-state index is -3.06. The zero-order valence-corrected chi connectivity index (χ0v) is 18.7. The lowest BCUT2D eigenvalue weighted by molar-refractivity contribution is 0.00279. The third-order valence-corrected chi connectivity index (χ3v) is 7.14. The van der Waals surface area contributed by atoms with Crippen molar-refractivity contribution in [3.8, 4) is 0 Å². The lowest BCUT2D eigenvalue weighted by Crippen LogP contribution is -2.50. The van der Waals surface area contributed by atoms with Crippen LogP contribution in [0.15, 0.2) is 6.07 Å². The molecule has 1 aromatic rings. The van der Waals surface area contributed by atoms with Gasteiger partial charge in [-0.3, -0.25) is 0 Å². The predicted octanol–water partition coefficient (Wildman–Crippen LogP) is 5.93. The van der Waals surface area contributed by atoms with Gasteiger partial charge in [-0.05, 0) is 54.4 Å². The minimum absolute atomic E-state index is 0.139. The van der Waals surface area contributed by atoms with Crippen LogP contribution in [0.4, 0.5) is 27.7 Å². The van der Waals surface area contributed by atoms with E-state index in [1.807, 2.05) is 41.5 Å². The molecule has 0 amide bonds. The first-order valence-corrected chi connectivity index (χ1v) is 11.6. The number of unbranched alkanes of at least 4 members (excludes halogenated alkanes) is 1. The van der Waals surface area contributed by atoms with E-state index in [9.17, 15) is 22.0 Å². The molecule has 168 valence electrons. The number of benzene rings is 1. The van der Waals surface area contributed by atoms with Crippen LogP contribution < -0.4 is 5.12 Å². The van der Waals surface area contributed by atoms with Crippen LogP contribution in [-0.2, 0) is 13.3 Å². The molecular weight excluding hydrogens is 413 g/mol. The van der Waals surface area contributed by atoms with E-state index in [2.05, 4.69) is 0 Å². The topological polar surface area (TPSA) is 30.9 Å². The van der Waals surface area contributed by atoms with Crippen LogP contribution in [0.3, 0.4) is 0 Å². The van der Waals surface area contributed by atoms with E-state index in [0.717, 1.165) is 0 Å². The summed E-state index contributed by atoms with van der Waals surface area (Å²) < 4.78 is 85.5. The SMILES string of the molecule is CC(C)O[Si](CCCCN(F)c1cc(F)c(F)c(F)c1F)(OC(C)C)OC(C)C. The van der Waals surface area contributed by atoms with Crippen molar-refractivity contribution in [1.29, 1.82) is 0 Å². The third kappa shape index (κ3) is 7.84. The number of hydrogen-bond donors (Lipinski definition) is 0. The molecular formula is C19H30F5NO3Si. The van der Waals surface area contributed by atoms with Crippen molar-refractivity contribution in [3.05, 3.63) is 29.3 Å². The van der Waals surface area contributed by atoms with Crippen molar-refractivity contribution < 1.29 is 35.3 Å². The molecule has 0 aliphatic heterocycles. The Morgan fingerprint density at radius 3 is 1.72 bits per heavy atom. The Labute approximate surface area is 170 Å². The molecule has 0 unspecified atom stereocenters. The van der Waals surface area contributed by atoms with Crippen LogP contribution in [-0.4, -0.2) is 33.7 Å². The van der Waals surface area contributed by atoms with Gasteiger partial charge in [0.05, 0.1) is 6.54 Å². The molecule has 1 aromatic carbocycles. The summed E-state index contributed by atoms with van der Waals surface area (Å²) in [5.74, 6) is -7.45. The Kier molecular flexibility index (Phi) is 10.00. The summed E-state index contributed by atoms with van der Waals surface area (Å²) >= 11 is 0. The summed E-state index contributed by atoms with van der Waals surface area (Å²) in [6.45, 7) is 10.8. The fourth-order valence-electron chi connectivity index (χ4n) is 2.79. The Balaban J connectivity index is 2.79. The minimum Gasteiger partial charge on any atom is -0.371 e. The standard InChI is InChI=1S/C19H30F5NO3Si/c1-12(2)26-29(27-13(3)4,28-14(5)6)10-8-7-9-25(24)16-11-15(20)17(21)19(23)18(16)22/h11-14H,7-10H2,1-6H3. The molecule has 29 heavy (non-hydrogen) atoms. The summed E-state index contributed by atoms with van der Waals surface area (Å²) in [4.78, 5) is 0. The summed E-state index contributed by atoms with van der Waals surface area (Å²) in [6, 6.07) is 0.683. The highest BCUT2D eigenvalue weighted by molar-refractivity contribution is 6.60. The van der Waals surface area contributed by atoms with Gasteiger partial charge in [-0.15, -0.1) is 0 Å². The third-order valence-electron chi connectivity index (χ3n) is 3.68. The Bertz CT molecular complexity index is 635. The molecule has 0 heterocycles. The number of nitrogens with zero attached hydrogens (tertiary/aromatic N) is 1. The molecule has 0 fully saturated rings. The van der Waals surface area contributed by atoms with E-state index in [0.29, 0.717) is 18.5 Å². The second kappa shape index (κ2) is 11.2. The van der Waals surface area contributed by atoms with Gasteiger partial charge in [0.15, 0.2) is 23.3 Å². The average molecular weight is 444 g/mol. The van der Waals surface area contributed by atoms with E-state index in [-0.39, 0.29) is 36.4 Å². The molecule has 0 atom stereocenters. The van der Waals surface area contributed by atoms with Gasteiger partial charge in [0.1, 0.15) is 5.69 Å². The molecule has 10 heteroatoms. The van der Waals surface area contributed by atoms with Crippen LogP contribution >= 0.6 is 0 Å². The van der Waals surface area contributed by atoms with Crippen LogP contribution in [0, 0.1) is 23.3 Å². The molecule has 4 nitrogen and oxygen atoms in total. The van der Waals surface area contributed by atoms with Crippen LogP contribution in [0.5, 0.6) is 0 Å². The first-order valence-electron chi connectivity index (χ1n) is 9.68. The number of hydrogen-bond acceptors (Lipinski definition) is 4. The number of halogens is 5. The first kappa shape index (κ1) is 25.8. The van der Waals surface area contributed by atoms with E-state index in [1.165, 1.54) is 0 Å². The van der Waals surface area contributed by atoms with Gasteiger partial charge in [-0.25, -0.2) is 22.7 Å². The number of rotatable bonds is 12. The highest BCUT2D eigenvalue weighted by Crippen LogP contribution is 2.28. The van der Waals surface area contributed by atoms with E-state index < -0.39 is 37.8 Å². The average Bonchev–Trinajstić information content (AvgIpc) is 2.58. The summed E-state index contributed by atoms with van der Waals surface area (Å²) in [6.07, 6.45) is 0.186. The molecule has 0 aliphatic carbocycles. The van der Waals surface area contributed by atoms with Crippen LogP contribution in [0.1, 0.15) is 54.4 Å². The fraction of sp³-hybridized carbons (Fsp3) is 0.684. The monoisotopic (exact) mass is 443 g/mol. The van der Waals surface area contributed by atoms with E-state index in [1.54, 1.807) is 0 Å². The Hall–Kier alpha value is -1.23. The van der Waals surface area contributed by atoms with Gasteiger partial charge in [0.25, 0.3) is 0 Å². The number of anilines is 1. The zero-order valence-electron chi connectivity index (χ0n) is 17.7. The molecule has 1 rings (SSSR count). The summed E-state index contributed by atoms with van der Waals surface area (Å²) in [5, 5.41) is -0.139. The highest BCUT2D eigenvalue weighted by atomic mass is 28.4. The van der Waals surface area contributed by atoms with Crippen LogP contribution in [0.2, 0.25) is 6.04 Å². The van der Waals surface area contributed by atoms with Gasteiger partial charge in [0, 0.05) is 30.4 Å².